The number of carbonyl (C=O) groups excluding carboxylic acids is 2. The average molecular weight is 400 g/mol. The third kappa shape index (κ3) is 4.91. The lowest BCUT2D eigenvalue weighted by Crippen LogP contribution is -2.27. The summed E-state index contributed by atoms with van der Waals surface area (Å²) in [5.41, 5.74) is 5.89. The molecule has 142 valence electrons. The Morgan fingerprint density at radius 2 is 2.04 bits per heavy atom. The van der Waals surface area contributed by atoms with Gasteiger partial charge in [-0.05, 0) is 19.8 Å². The molecule has 2 rings (SSSR count). The van der Waals surface area contributed by atoms with Crippen LogP contribution in [-0.4, -0.2) is 49.2 Å². The predicted molar refractivity (Wildman–Crippen MR) is 99.0 cm³/mol. The van der Waals surface area contributed by atoms with Crippen LogP contribution in [0, 0.1) is 0 Å². The average Bonchev–Trinajstić information content (AvgIpc) is 3.21. The lowest BCUT2D eigenvalue weighted by molar-refractivity contribution is -0.139. The summed E-state index contributed by atoms with van der Waals surface area (Å²) >= 11 is 2.44. The minimum atomic E-state index is -0.635. The lowest BCUT2D eigenvalue weighted by Gasteiger charge is -2.18. The Morgan fingerprint density at radius 3 is 2.65 bits per heavy atom. The second-order valence-corrected chi connectivity index (χ2v) is 7.08. The summed E-state index contributed by atoms with van der Waals surface area (Å²) in [7, 11) is 0. The van der Waals surface area contributed by atoms with E-state index >= 15 is 0 Å². The summed E-state index contributed by atoms with van der Waals surface area (Å²) < 4.78 is 6.41. The number of thioether (sulfide) groups is 1. The SMILES string of the molecule is CCOC(=O)CSc1nnc(N)n1C(CC)C(=O)Nc1nnc(CC)s1. The first-order chi connectivity index (χ1) is 12.5. The number of nitrogen functional groups attached to an aromatic ring is 1. The number of nitrogens with one attached hydrogen (secondary N) is 1. The van der Waals surface area contributed by atoms with Crippen LogP contribution in [0.3, 0.4) is 0 Å². The van der Waals surface area contributed by atoms with Crippen LogP contribution in [0.1, 0.15) is 38.2 Å². The molecule has 0 aromatic carbocycles. The molecule has 26 heavy (non-hydrogen) atoms. The molecule has 1 atom stereocenters. The van der Waals surface area contributed by atoms with Gasteiger partial charge in [-0.15, -0.1) is 20.4 Å². The largest absolute Gasteiger partial charge is 0.465 e. The van der Waals surface area contributed by atoms with Crippen molar-refractivity contribution >= 4 is 46.1 Å². The number of carbonyl (C=O) groups is 2. The number of nitrogens with two attached hydrogens (primary N) is 1. The van der Waals surface area contributed by atoms with Crippen LogP contribution in [0.4, 0.5) is 11.1 Å². The van der Waals surface area contributed by atoms with Crippen LogP contribution in [0.15, 0.2) is 5.16 Å². The predicted octanol–water partition coefficient (Wildman–Crippen LogP) is 1.52. The maximum absolute atomic E-state index is 12.7. The van der Waals surface area contributed by atoms with Crippen molar-refractivity contribution in [2.45, 2.75) is 44.8 Å². The van der Waals surface area contributed by atoms with Crippen LogP contribution < -0.4 is 11.1 Å². The molecule has 0 aliphatic carbocycles. The molecule has 1 amide bonds. The summed E-state index contributed by atoms with van der Waals surface area (Å²) in [4.78, 5) is 24.2. The smallest absolute Gasteiger partial charge is 0.316 e. The van der Waals surface area contributed by atoms with Crippen LogP contribution in [-0.2, 0) is 20.7 Å². The number of aromatic nitrogens is 5. The van der Waals surface area contributed by atoms with Gasteiger partial charge in [0, 0.05) is 0 Å². The first-order valence-corrected chi connectivity index (χ1v) is 9.92. The number of ether oxygens (including phenoxy) is 1. The highest BCUT2D eigenvalue weighted by Gasteiger charge is 2.26. The molecule has 0 fully saturated rings. The monoisotopic (exact) mass is 399 g/mol. The van der Waals surface area contributed by atoms with Gasteiger partial charge in [0.15, 0.2) is 5.16 Å². The highest BCUT2D eigenvalue weighted by Crippen LogP contribution is 2.26. The van der Waals surface area contributed by atoms with E-state index in [0.717, 1.165) is 23.2 Å². The highest BCUT2D eigenvalue weighted by atomic mass is 32.2. The second-order valence-electron chi connectivity index (χ2n) is 5.07. The molecule has 0 bridgehead atoms. The molecular formula is C14H21N7O3S2. The maximum Gasteiger partial charge on any atom is 0.316 e. The fourth-order valence-corrected chi connectivity index (χ4v) is 3.60. The van der Waals surface area contributed by atoms with Crippen molar-refractivity contribution in [2.24, 2.45) is 0 Å². The zero-order chi connectivity index (χ0) is 19.1. The number of anilines is 2. The van der Waals surface area contributed by atoms with Gasteiger partial charge in [0.25, 0.3) is 0 Å². The van der Waals surface area contributed by atoms with Gasteiger partial charge in [-0.25, -0.2) is 0 Å². The normalized spacial score (nSPS) is 12.0. The Bertz CT molecular complexity index is 762. The van der Waals surface area contributed by atoms with E-state index in [2.05, 4.69) is 25.7 Å². The van der Waals surface area contributed by atoms with Gasteiger partial charge in [0.2, 0.25) is 17.0 Å². The standard InChI is InChI=1S/C14H21N7O3S2/c1-4-8(11(23)16-13-19-17-9(5-2)26-13)21-12(15)18-20-14(21)25-7-10(22)24-6-3/h8H,4-7H2,1-3H3,(H2,15,18)(H,16,19,23). The maximum atomic E-state index is 12.7. The van der Waals surface area contributed by atoms with Gasteiger partial charge in [0.05, 0.1) is 12.4 Å². The summed E-state index contributed by atoms with van der Waals surface area (Å²) in [6.45, 7) is 5.85. The Labute approximate surface area is 158 Å². The van der Waals surface area contributed by atoms with E-state index in [0.29, 0.717) is 23.3 Å². The Hall–Kier alpha value is -2.21. The molecule has 0 radical (unpaired) electrons. The second kappa shape index (κ2) is 9.48. The molecule has 2 aromatic heterocycles. The lowest BCUT2D eigenvalue weighted by atomic mass is 10.2. The molecule has 0 saturated carbocycles. The molecule has 0 aliphatic heterocycles. The Morgan fingerprint density at radius 1 is 1.27 bits per heavy atom. The number of aryl methyl sites for hydroxylation is 1. The van der Waals surface area contributed by atoms with Gasteiger partial charge in [-0.1, -0.05) is 36.9 Å². The molecule has 0 saturated heterocycles. The van der Waals surface area contributed by atoms with E-state index in [9.17, 15) is 9.59 Å². The first-order valence-electron chi connectivity index (χ1n) is 8.12. The van der Waals surface area contributed by atoms with E-state index in [4.69, 9.17) is 10.5 Å². The Kier molecular flexibility index (Phi) is 7.33. The molecule has 2 aromatic rings. The highest BCUT2D eigenvalue weighted by molar-refractivity contribution is 7.99. The van der Waals surface area contributed by atoms with E-state index in [1.54, 1.807) is 6.92 Å². The number of hydrogen-bond acceptors (Lipinski definition) is 10. The zero-order valence-corrected chi connectivity index (χ0v) is 16.4. The molecule has 2 heterocycles. The molecule has 0 aliphatic rings. The molecular weight excluding hydrogens is 378 g/mol. The fraction of sp³-hybridized carbons (Fsp3) is 0.571. The number of rotatable bonds is 9. The van der Waals surface area contributed by atoms with Gasteiger partial charge >= 0.3 is 5.97 Å². The van der Waals surface area contributed by atoms with Crippen molar-refractivity contribution in [2.75, 3.05) is 23.4 Å². The van der Waals surface area contributed by atoms with Gasteiger partial charge < -0.3 is 10.5 Å². The van der Waals surface area contributed by atoms with E-state index in [1.807, 2.05) is 13.8 Å². The Balaban J connectivity index is 2.14. The van der Waals surface area contributed by atoms with Crippen molar-refractivity contribution in [1.29, 1.82) is 0 Å². The fourth-order valence-electron chi connectivity index (χ4n) is 2.13. The van der Waals surface area contributed by atoms with Crippen LogP contribution in [0.5, 0.6) is 0 Å². The third-order valence-electron chi connectivity index (χ3n) is 3.32. The summed E-state index contributed by atoms with van der Waals surface area (Å²) in [5, 5.41) is 20.1. The molecule has 3 N–H and O–H groups in total. The first kappa shape index (κ1) is 20.1. The zero-order valence-electron chi connectivity index (χ0n) is 14.8. The van der Waals surface area contributed by atoms with E-state index in [1.165, 1.54) is 15.9 Å². The summed E-state index contributed by atoms with van der Waals surface area (Å²) in [5.74, 6) is -0.509. The van der Waals surface area contributed by atoms with Crippen molar-refractivity contribution in [3.05, 3.63) is 5.01 Å². The number of esters is 1. The summed E-state index contributed by atoms with van der Waals surface area (Å²) in [6.07, 6.45) is 1.21. The van der Waals surface area contributed by atoms with Crippen LogP contribution >= 0.6 is 23.1 Å². The minimum Gasteiger partial charge on any atom is -0.465 e. The van der Waals surface area contributed by atoms with Crippen LogP contribution in [0.25, 0.3) is 0 Å². The summed E-state index contributed by atoms with van der Waals surface area (Å²) in [6, 6.07) is -0.635. The quantitative estimate of drug-likeness (QED) is 0.474. The van der Waals surface area contributed by atoms with Crippen molar-refractivity contribution < 1.29 is 14.3 Å². The molecule has 0 spiro atoms. The number of nitrogens with zero attached hydrogens (tertiary/aromatic N) is 5. The third-order valence-corrected chi connectivity index (χ3v) is 5.22. The van der Waals surface area contributed by atoms with E-state index < -0.39 is 6.04 Å². The van der Waals surface area contributed by atoms with Crippen molar-refractivity contribution in [3.8, 4) is 0 Å². The molecule has 10 nitrogen and oxygen atoms in total. The number of amides is 1. The van der Waals surface area contributed by atoms with E-state index in [-0.39, 0.29) is 23.6 Å². The van der Waals surface area contributed by atoms with Gasteiger partial charge in [-0.3, -0.25) is 19.5 Å². The van der Waals surface area contributed by atoms with Gasteiger partial charge in [-0.2, -0.15) is 0 Å². The minimum absolute atomic E-state index is 0.0558. The molecule has 1 unspecified atom stereocenters. The van der Waals surface area contributed by atoms with Crippen molar-refractivity contribution in [1.82, 2.24) is 25.0 Å². The molecule has 12 heteroatoms. The van der Waals surface area contributed by atoms with Crippen molar-refractivity contribution in [3.63, 3.8) is 0 Å². The number of hydrogen-bond donors (Lipinski definition) is 2. The topological polar surface area (TPSA) is 138 Å². The van der Waals surface area contributed by atoms with Gasteiger partial charge in [0.1, 0.15) is 11.0 Å². The van der Waals surface area contributed by atoms with Crippen LogP contribution in [0.2, 0.25) is 0 Å².